The molecule has 3 N–H and O–H groups in total. The summed E-state index contributed by atoms with van der Waals surface area (Å²) in [7, 11) is 1.72. The van der Waals surface area contributed by atoms with Gasteiger partial charge in [0.25, 0.3) is 11.5 Å². The Hall–Kier alpha value is -3.47. The number of halogens is 1. The number of nitrogens with zero attached hydrogens (tertiary/aromatic N) is 4. The number of hydrogen-bond donors (Lipinski definition) is 3. The van der Waals surface area contributed by atoms with E-state index in [9.17, 15) is 14.0 Å². The highest BCUT2D eigenvalue weighted by Crippen LogP contribution is 2.26. The fourth-order valence-corrected chi connectivity index (χ4v) is 4.01. The van der Waals surface area contributed by atoms with E-state index in [0.717, 1.165) is 25.9 Å². The molecule has 1 saturated carbocycles. The zero-order chi connectivity index (χ0) is 22.9. The molecule has 0 spiro atoms. The number of rotatable bonds is 7. The van der Waals surface area contributed by atoms with E-state index in [4.69, 9.17) is 4.74 Å². The lowest BCUT2D eigenvalue weighted by Crippen LogP contribution is -2.31. The third-order valence-electron chi connectivity index (χ3n) is 5.96. The molecule has 174 valence electrons. The van der Waals surface area contributed by atoms with E-state index in [1.165, 1.54) is 10.7 Å². The molecule has 2 aliphatic rings. The number of pyridine rings is 1. The quantitative estimate of drug-likeness (QED) is 0.500. The maximum atomic E-state index is 13.2. The van der Waals surface area contributed by atoms with Crippen LogP contribution < -0.4 is 21.5 Å². The molecular formula is C22H26FN7O3. The lowest BCUT2D eigenvalue weighted by atomic mass is 10.1. The molecule has 3 aromatic heterocycles. The van der Waals surface area contributed by atoms with Crippen molar-refractivity contribution in [3.05, 3.63) is 46.5 Å². The third-order valence-corrected chi connectivity index (χ3v) is 5.96. The number of carbonyl (C=O) groups excluding carboxylic acids is 1. The highest BCUT2D eigenvalue weighted by molar-refractivity contribution is 6.00. The second kappa shape index (κ2) is 8.81. The van der Waals surface area contributed by atoms with Gasteiger partial charge in [-0.25, -0.2) is 9.37 Å². The van der Waals surface area contributed by atoms with Gasteiger partial charge >= 0.3 is 0 Å². The van der Waals surface area contributed by atoms with Gasteiger partial charge in [-0.1, -0.05) is 0 Å². The van der Waals surface area contributed by atoms with Gasteiger partial charge in [-0.15, -0.1) is 0 Å². The van der Waals surface area contributed by atoms with Crippen LogP contribution in [0.3, 0.4) is 0 Å². The van der Waals surface area contributed by atoms with Crippen molar-refractivity contribution in [3.8, 4) is 0 Å². The van der Waals surface area contributed by atoms with E-state index in [1.54, 1.807) is 36.0 Å². The molecule has 0 bridgehead atoms. The van der Waals surface area contributed by atoms with E-state index >= 15 is 0 Å². The lowest BCUT2D eigenvalue weighted by Gasteiger charge is -2.23. The molecule has 0 radical (unpaired) electrons. The third kappa shape index (κ3) is 4.40. The van der Waals surface area contributed by atoms with Crippen LogP contribution >= 0.6 is 0 Å². The van der Waals surface area contributed by atoms with E-state index in [-0.39, 0.29) is 17.2 Å². The fourth-order valence-electron chi connectivity index (χ4n) is 4.01. The Morgan fingerprint density at radius 1 is 1.36 bits per heavy atom. The second-order valence-electron chi connectivity index (χ2n) is 8.39. The van der Waals surface area contributed by atoms with Gasteiger partial charge in [0.2, 0.25) is 0 Å². The molecule has 33 heavy (non-hydrogen) atoms. The zero-order valence-corrected chi connectivity index (χ0v) is 18.3. The van der Waals surface area contributed by atoms with Crippen LogP contribution in [0.2, 0.25) is 0 Å². The maximum Gasteiger partial charge on any atom is 0.274 e. The summed E-state index contributed by atoms with van der Waals surface area (Å²) in [4.78, 5) is 30.1. The van der Waals surface area contributed by atoms with Crippen molar-refractivity contribution in [2.75, 3.05) is 24.3 Å². The van der Waals surface area contributed by atoms with E-state index in [2.05, 4.69) is 26.0 Å². The summed E-state index contributed by atoms with van der Waals surface area (Å²) in [6, 6.07) is 4.71. The predicted molar refractivity (Wildman–Crippen MR) is 121 cm³/mol. The van der Waals surface area contributed by atoms with Gasteiger partial charge in [-0.05, 0) is 31.4 Å². The Balaban J connectivity index is 1.42. The average Bonchev–Trinajstić information content (AvgIpc) is 3.33. The summed E-state index contributed by atoms with van der Waals surface area (Å²) in [6.07, 6.45) is 5.58. The van der Waals surface area contributed by atoms with Crippen LogP contribution in [0.4, 0.5) is 21.7 Å². The molecule has 3 atom stereocenters. The Morgan fingerprint density at radius 2 is 2.21 bits per heavy atom. The second-order valence-corrected chi connectivity index (χ2v) is 8.39. The summed E-state index contributed by atoms with van der Waals surface area (Å²) in [5.41, 5.74) is 0.698. The van der Waals surface area contributed by atoms with Crippen molar-refractivity contribution >= 4 is 28.9 Å². The molecular weight excluding hydrogens is 429 g/mol. The SMILES string of the molecule is CNc1cc(Nc2cccn(CC3CCCCO3)c2=O)nc2c(C(=O)N[C@H]3C[C@H]3F)cnn12. The molecule has 1 amide bonds. The minimum atomic E-state index is -1.01. The number of amides is 1. The van der Waals surface area contributed by atoms with Crippen molar-refractivity contribution < 1.29 is 13.9 Å². The maximum absolute atomic E-state index is 13.2. The molecule has 0 aromatic carbocycles. The minimum absolute atomic E-state index is 0.0281. The number of anilines is 3. The highest BCUT2D eigenvalue weighted by atomic mass is 19.1. The number of fused-ring (bicyclic) bond motifs is 1. The van der Waals surface area contributed by atoms with Gasteiger partial charge in [-0.3, -0.25) is 9.59 Å². The van der Waals surface area contributed by atoms with Gasteiger partial charge in [0.15, 0.2) is 5.65 Å². The topological polar surface area (TPSA) is 115 Å². The standard InChI is InChI=1S/C22H26FN7O3/c1-24-19-10-18(28-20-14(11-25-30(19)20)21(31)27-17-9-15(17)23)26-16-6-4-7-29(22(16)32)12-13-5-2-3-8-33-13/h4,6-7,10-11,13,15,17,24H,2-3,5,8-9,12H2,1H3,(H,26,28)(H,27,31)/t13?,15-,17+/m1/s1. The average molecular weight is 455 g/mol. The predicted octanol–water partition coefficient (Wildman–Crippen LogP) is 2.09. The number of carbonyl (C=O) groups is 1. The Kier molecular flexibility index (Phi) is 5.71. The molecule has 4 heterocycles. The van der Waals surface area contributed by atoms with Crippen LogP contribution in [-0.2, 0) is 11.3 Å². The van der Waals surface area contributed by atoms with Crippen LogP contribution in [0.1, 0.15) is 36.0 Å². The first-order valence-corrected chi connectivity index (χ1v) is 11.1. The summed E-state index contributed by atoms with van der Waals surface area (Å²) >= 11 is 0. The lowest BCUT2D eigenvalue weighted by molar-refractivity contribution is 0.00546. The van der Waals surface area contributed by atoms with Crippen molar-refractivity contribution in [2.24, 2.45) is 0 Å². The van der Waals surface area contributed by atoms with Crippen LogP contribution in [0, 0.1) is 0 Å². The van der Waals surface area contributed by atoms with E-state index < -0.39 is 18.1 Å². The number of alkyl halides is 1. The summed E-state index contributed by atoms with van der Waals surface area (Å²) in [5.74, 6) is 0.513. The van der Waals surface area contributed by atoms with E-state index in [0.29, 0.717) is 35.9 Å². The van der Waals surface area contributed by atoms with Crippen LogP contribution in [0.25, 0.3) is 5.65 Å². The van der Waals surface area contributed by atoms with Gasteiger partial charge in [0, 0.05) is 32.3 Å². The largest absolute Gasteiger partial charge is 0.376 e. The first-order chi connectivity index (χ1) is 16.0. The molecule has 1 saturated heterocycles. The van der Waals surface area contributed by atoms with Crippen molar-refractivity contribution in [2.45, 2.75) is 50.5 Å². The van der Waals surface area contributed by atoms with Crippen LogP contribution in [-0.4, -0.2) is 57.0 Å². The first kappa shape index (κ1) is 21.4. The van der Waals surface area contributed by atoms with Crippen molar-refractivity contribution in [1.29, 1.82) is 0 Å². The molecule has 11 heteroatoms. The number of nitrogens with one attached hydrogen (secondary N) is 3. The fraction of sp³-hybridized carbons (Fsp3) is 0.455. The van der Waals surface area contributed by atoms with Gasteiger partial charge in [0.1, 0.15) is 29.1 Å². The molecule has 2 fully saturated rings. The summed E-state index contributed by atoms with van der Waals surface area (Å²) in [5, 5.41) is 13.0. The monoisotopic (exact) mass is 455 g/mol. The first-order valence-electron chi connectivity index (χ1n) is 11.1. The highest BCUT2D eigenvalue weighted by Gasteiger charge is 2.39. The molecule has 5 rings (SSSR count). The van der Waals surface area contributed by atoms with Crippen LogP contribution in [0.5, 0.6) is 0 Å². The van der Waals surface area contributed by atoms with E-state index in [1.807, 2.05) is 0 Å². The minimum Gasteiger partial charge on any atom is -0.376 e. The number of aromatic nitrogens is 4. The number of hydrogen-bond acceptors (Lipinski definition) is 7. The zero-order valence-electron chi connectivity index (χ0n) is 18.3. The molecule has 10 nitrogen and oxygen atoms in total. The van der Waals surface area contributed by atoms with Crippen LogP contribution in [0.15, 0.2) is 35.4 Å². The number of ether oxygens (including phenoxy) is 1. The van der Waals surface area contributed by atoms with Crippen molar-refractivity contribution in [3.63, 3.8) is 0 Å². The van der Waals surface area contributed by atoms with Gasteiger partial charge < -0.3 is 25.3 Å². The Morgan fingerprint density at radius 3 is 2.94 bits per heavy atom. The Labute approximate surface area is 189 Å². The van der Waals surface area contributed by atoms with Gasteiger partial charge in [-0.2, -0.15) is 9.61 Å². The Bertz CT molecular complexity index is 1230. The summed E-state index contributed by atoms with van der Waals surface area (Å²) < 4.78 is 22.1. The van der Waals surface area contributed by atoms with Crippen molar-refractivity contribution in [1.82, 2.24) is 24.5 Å². The smallest absolute Gasteiger partial charge is 0.274 e. The normalized spacial score (nSPS) is 22.2. The summed E-state index contributed by atoms with van der Waals surface area (Å²) in [6.45, 7) is 1.22. The van der Waals surface area contributed by atoms with Gasteiger partial charge in [0.05, 0.1) is 24.9 Å². The molecule has 1 aliphatic heterocycles. The molecule has 3 aromatic rings. The molecule has 1 unspecified atom stereocenters. The molecule has 1 aliphatic carbocycles.